The molecule has 0 aliphatic heterocycles. The average Bonchev–Trinajstić information content (AvgIpc) is 3.14. The van der Waals surface area contributed by atoms with Crippen molar-refractivity contribution in [2.45, 2.75) is 6.42 Å². The first-order valence-electron chi connectivity index (χ1n) is 8.59. The van der Waals surface area contributed by atoms with E-state index in [0.717, 1.165) is 13.0 Å². The maximum Gasteiger partial charge on any atom is 0.272 e. The molecule has 0 bridgehead atoms. The normalized spacial score (nSPS) is 10.7. The van der Waals surface area contributed by atoms with Crippen LogP contribution in [0.15, 0.2) is 24.5 Å². The Balaban J connectivity index is 2.00. The highest BCUT2D eigenvalue weighted by Gasteiger charge is 2.16. The lowest BCUT2D eigenvalue weighted by atomic mass is 10.3. The molecule has 3 N–H and O–H groups in total. The third kappa shape index (κ3) is 5.45. The fourth-order valence-electron chi connectivity index (χ4n) is 2.68. The number of carbonyl (C=O) groups excluding carboxylic acids is 3. The van der Waals surface area contributed by atoms with Gasteiger partial charge in [-0.05, 0) is 39.2 Å². The molecule has 2 aromatic rings. The van der Waals surface area contributed by atoms with Crippen molar-refractivity contribution >= 4 is 29.6 Å². The third-order valence-electron chi connectivity index (χ3n) is 4.03. The van der Waals surface area contributed by atoms with Gasteiger partial charge in [-0.15, -0.1) is 0 Å². The first-order chi connectivity index (χ1) is 12.8. The summed E-state index contributed by atoms with van der Waals surface area (Å²) in [6.07, 6.45) is 4.73. The van der Waals surface area contributed by atoms with E-state index in [9.17, 15) is 14.4 Å². The number of amides is 3. The number of aryl methyl sites for hydroxylation is 2. The molecule has 2 heterocycles. The number of hydrogen-bond donors (Lipinski definition) is 3. The molecule has 0 saturated carbocycles. The summed E-state index contributed by atoms with van der Waals surface area (Å²) in [5.41, 5.74) is 1.90. The third-order valence-corrected chi connectivity index (χ3v) is 4.03. The van der Waals surface area contributed by atoms with Crippen molar-refractivity contribution in [3.05, 3.63) is 35.9 Å². The van der Waals surface area contributed by atoms with Crippen LogP contribution in [0, 0.1) is 0 Å². The summed E-state index contributed by atoms with van der Waals surface area (Å²) in [6.45, 7) is 1.48. The highest BCUT2D eigenvalue weighted by Crippen LogP contribution is 2.17. The quantitative estimate of drug-likeness (QED) is 0.448. The molecule has 27 heavy (non-hydrogen) atoms. The molecule has 2 aromatic heterocycles. The van der Waals surface area contributed by atoms with Crippen LogP contribution in [-0.2, 0) is 18.9 Å². The summed E-state index contributed by atoms with van der Waals surface area (Å²) >= 11 is 0. The zero-order chi connectivity index (χ0) is 20.0. The predicted molar refractivity (Wildman–Crippen MR) is 104 cm³/mol. The van der Waals surface area contributed by atoms with E-state index in [1.54, 1.807) is 47.8 Å². The Morgan fingerprint density at radius 3 is 2.26 bits per heavy atom. The van der Waals surface area contributed by atoms with Crippen molar-refractivity contribution in [1.82, 2.24) is 19.4 Å². The summed E-state index contributed by atoms with van der Waals surface area (Å²) in [5, 5.41) is 8.15. The molecule has 0 spiro atoms. The lowest BCUT2D eigenvalue weighted by Crippen LogP contribution is -2.28. The fourth-order valence-corrected chi connectivity index (χ4v) is 2.68. The van der Waals surface area contributed by atoms with Gasteiger partial charge in [0.25, 0.3) is 11.8 Å². The summed E-state index contributed by atoms with van der Waals surface area (Å²) in [7, 11) is 7.43. The van der Waals surface area contributed by atoms with E-state index in [1.165, 1.54) is 0 Å². The SMILES string of the molecule is CN(C)CCCNC(=O)c1cc(NC(=O)c2cc(NC=O)cn2C)cn1C. The van der Waals surface area contributed by atoms with Crippen LogP contribution in [0.3, 0.4) is 0 Å². The van der Waals surface area contributed by atoms with E-state index in [-0.39, 0.29) is 11.8 Å². The second-order valence-corrected chi connectivity index (χ2v) is 6.58. The molecule has 3 amide bonds. The minimum atomic E-state index is -0.333. The first kappa shape index (κ1) is 20.2. The lowest BCUT2D eigenvalue weighted by molar-refractivity contribution is -0.105. The molecular weight excluding hydrogens is 348 g/mol. The highest BCUT2D eigenvalue weighted by atomic mass is 16.2. The van der Waals surface area contributed by atoms with E-state index in [1.807, 2.05) is 14.1 Å². The predicted octanol–water partition coefficient (Wildman–Crippen LogP) is 0.866. The van der Waals surface area contributed by atoms with Crippen molar-refractivity contribution in [2.24, 2.45) is 14.1 Å². The molecule has 0 atom stereocenters. The molecule has 0 aliphatic carbocycles. The van der Waals surface area contributed by atoms with Crippen molar-refractivity contribution in [3.63, 3.8) is 0 Å². The van der Waals surface area contributed by atoms with Gasteiger partial charge in [0.1, 0.15) is 11.4 Å². The first-order valence-corrected chi connectivity index (χ1v) is 8.59. The maximum absolute atomic E-state index is 12.5. The van der Waals surface area contributed by atoms with E-state index in [4.69, 9.17) is 0 Å². The number of carbonyl (C=O) groups is 3. The van der Waals surface area contributed by atoms with Crippen molar-refractivity contribution in [1.29, 1.82) is 0 Å². The van der Waals surface area contributed by atoms with E-state index in [2.05, 4.69) is 20.9 Å². The van der Waals surface area contributed by atoms with Crippen LogP contribution in [0.5, 0.6) is 0 Å². The number of rotatable bonds is 9. The van der Waals surface area contributed by atoms with Gasteiger partial charge >= 0.3 is 0 Å². The minimum Gasteiger partial charge on any atom is -0.351 e. The molecule has 9 nitrogen and oxygen atoms in total. The average molecular weight is 374 g/mol. The van der Waals surface area contributed by atoms with Gasteiger partial charge in [0.15, 0.2) is 0 Å². The van der Waals surface area contributed by atoms with Crippen molar-refractivity contribution in [2.75, 3.05) is 37.8 Å². The standard InChI is InChI=1S/C18H26N6O3/c1-22(2)7-5-6-19-17(26)15-9-14(11-24(15)4)21-18(27)16-8-13(20-12-25)10-23(16)3/h8-12H,5-7H2,1-4H3,(H,19,26)(H,20,25)(H,21,27). The van der Waals surface area contributed by atoms with Crippen molar-refractivity contribution in [3.8, 4) is 0 Å². The van der Waals surface area contributed by atoms with Gasteiger partial charge in [-0.25, -0.2) is 0 Å². The van der Waals surface area contributed by atoms with Crippen LogP contribution in [0.25, 0.3) is 0 Å². The molecule has 0 radical (unpaired) electrons. The molecule has 0 saturated heterocycles. The number of aromatic nitrogens is 2. The Bertz CT molecular complexity index is 821. The summed E-state index contributed by atoms with van der Waals surface area (Å²) in [6, 6.07) is 3.21. The van der Waals surface area contributed by atoms with E-state index >= 15 is 0 Å². The molecular formula is C18H26N6O3. The van der Waals surface area contributed by atoms with E-state index < -0.39 is 0 Å². The second-order valence-electron chi connectivity index (χ2n) is 6.58. The van der Waals surface area contributed by atoms with Crippen LogP contribution in [0.4, 0.5) is 11.4 Å². The number of hydrogen-bond acceptors (Lipinski definition) is 4. The minimum absolute atomic E-state index is 0.187. The summed E-state index contributed by atoms with van der Waals surface area (Å²) in [4.78, 5) is 37.3. The van der Waals surface area contributed by atoms with Gasteiger partial charge in [-0.3, -0.25) is 14.4 Å². The maximum atomic E-state index is 12.5. The Morgan fingerprint density at radius 1 is 1.04 bits per heavy atom. The van der Waals surface area contributed by atoms with Gasteiger partial charge in [0.05, 0.1) is 11.4 Å². The molecule has 0 fully saturated rings. The zero-order valence-corrected chi connectivity index (χ0v) is 16.1. The summed E-state index contributed by atoms with van der Waals surface area (Å²) in [5.74, 6) is -0.520. The zero-order valence-electron chi connectivity index (χ0n) is 16.1. The van der Waals surface area contributed by atoms with E-state index in [0.29, 0.717) is 35.7 Å². The Morgan fingerprint density at radius 2 is 1.63 bits per heavy atom. The molecule has 2 rings (SSSR count). The van der Waals surface area contributed by atoms with Gasteiger partial charge in [-0.2, -0.15) is 0 Å². The van der Waals surface area contributed by atoms with Crippen LogP contribution < -0.4 is 16.0 Å². The van der Waals surface area contributed by atoms with Crippen LogP contribution >= 0.6 is 0 Å². The lowest BCUT2D eigenvalue weighted by Gasteiger charge is -2.10. The Hall–Kier alpha value is -3.07. The monoisotopic (exact) mass is 374 g/mol. The number of anilines is 2. The Labute approximate surface area is 158 Å². The van der Waals surface area contributed by atoms with Crippen LogP contribution in [0.2, 0.25) is 0 Å². The second kappa shape index (κ2) is 9.04. The topological polar surface area (TPSA) is 100 Å². The van der Waals surface area contributed by atoms with Gasteiger partial charge in [0.2, 0.25) is 6.41 Å². The van der Waals surface area contributed by atoms with Gasteiger partial charge in [-0.1, -0.05) is 0 Å². The molecule has 0 aliphatic rings. The molecule has 0 aromatic carbocycles. The highest BCUT2D eigenvalue weighted by molar-refractivity contribution is 6.05. The molecule has 146 valence electrons. The molecule has 9 heteroatoms. The fraction of sp³-hybridized carbons (Fsp3) is 0.389. The molecule has 0 unspecified atom stereocenters. The number of nitrogens with zero attached hydrogens (tertiary/aromatic N) is 3. The number of nitrogens with one attached hydrogen (secondary N) is 3. The summed E-state index contributed by atoms with van der Waals surface area (Å²) < 4.78 is 3.28. The smallest absolute Gasteiger partial charge is 0.272 e. The van der Waals surface area contributed by atoms with Crippen molar-refractivity contribution < 1.29 is 14.4 Å². The van der Waals surface area contributed by atoms with Crippen LogP contribution in [0.1, 0.15) is 27.4 Å². The van der Waals surface area contributed by atoms with Gasteiger partial charge in [0, 0.05) is 33.0 Å². The largest absolute Gasteiger partial charge is 0.351 e. The van der Waals surface area contributed by atoms with Crippen LogP contribution in [-0.4, -0.2) is 59.4 Å². The Kier molecular flexibility index (Phi) is 6.78. The van der Waals surface area contributed by atoms with Gasteiger partial charge < -0.3 is 30.0 Å².